The fraction of sp³-hybridized carbons (Fsp3) is 0.438. The molecule has 0 aliphatic heterocycles. The Balaban J connectivity index is 2.69. The summed E-state index contributed by atoms with van der Waals surface area (Å²) in [5.74, 6) is 5.20. The van der Waals surface area contributed by atoms with Crippen LogP contribution in [0.25, 0.3) is 0 Å². The van der Waals surface area contributed by atoms with Crippen molar-refractivity contribution in [3.8, 4) is 11.8 Å². The average molecular weight is 307 g/mol. The Bertz CT molecular complexity index is 587. The number of carbonyl (C=O) groups is 1. The molecular formula is C16H21NO3S. The molecule has 0 radical (unpaired) electrons. The normalized spacial score (nSPS) is 13.0. The van der Waals surface area contributed by atoms with Crippen molar-refractivity contribution in [3.05, 3.63) is 34.9 Å². The molecule has 1 aromatic carbocycles. The molecule has 0 fully saturated rings. The number of amides is 1. The zero-order chi connectivity index (χ0) is 15.8. The first-order valence-electron chi connectivity index (χ1n) is 6.76. The Morgan fingerprint density at radius 3 is 2.76 bits per heavy atom. The van der Waals surface area contributed by atoms with Gasteiger partial charge in [-0.1, -0.05) is 18.8 Å². The van der Waals surface area contributed by atoms with Gasteiger partial charge in [0.1, 0.15) is 6.61 Å². The third-order valence-electron chi connectivity index (χ3n) is 3.05. The van der Waals surface area contributed by atoms with Crippen LogP contribution in [0.1, 0.15) is 34.8 Å². The third-order valence-corrected chi connectivity index (χ3v) is 4.42. The number of hydrogen-bond acceptors (Lipinski definition) is 3. The smallest absolute Gasteiger partial charge is 0.251 e. The van der Waals surface area contributed by atoms with Crippen molar-refractivity contribution >= 4 is 16.7 Å². The van der Waals surface area contributed by atoms with Crippen LogP contribution in [0.15, 0.2) is 18.2 Å². The molecule has 0 saturated heterocycles. The van der Waals surface area contributed by atoms with E-state index >= 15 is 0 Å². The van der Waals surface area contributed by atoms with E-state index in [1.807, 2.05) is 19.9 Å². The minimum atomic E-state index is -0.874. The van der Waals surface area contributed by atoms with Crippen LogP contribution in [0.5, 0.6) is 0 Å². The molecule has 114 valence electrons. The molecule has 21 heavy (non-hydrogen) atoms. The van der Waals surface area contributed by atoms with E-state index in [0.717, 1.165) is 5.56 Å². The summed E-state index contributed by atoms with van der Waals surface area (Å²) in [6.45, 7) is 4.08. The first kappa shape index (κ1) is 17.4. The predicted molar refractivity (Wildman–Crippen MR) is 85.6 cm³/mol. The fourth-order valence-electron chi connectivity index (χ4n) is 1.78. The lowest BCUT2D eigenvalue weighted by Crippen LogP contribution is -2.27. The van der Waals surface area contributed by atoms with E-state index in [1.54, 1.807) is 18.4 Å². The number of aliphatic hydroxyl groups excluding tert-OH is 1. The fourth-order valence-corrected chi connectivity index (χ4v) is 2.23. The van der Waals surface area contributed by atoms with Gasteiger partial charge in [-0.25, -0.2) is 0 Å². The monoisotopic (exact) mass is 307 g/mol. The highest BCUT2D eigenvalue weighted by molar-refractivity contribution is 7.84. The van der Waals surface area contributed by atoms with E-state index < -0.39 is 10.8 Å². The molecule has 2 N–H and O–H groups in total. The third kappa shape index (κ3) is 6.11. The number of rotatable bonds is 5. The average Bonchev–Trinajstić information content (AvgIpc) is 2.44. The summed E-state index contributed by atoms with van der Waals surface area (Å²) < 4.78 is 11.2. The highest BCUT2D eigenvalue weighted by Crippen LogP contribution is 2.09. The first-order chi connectivity index (χ1) is 9.93. The van der Waals surface area contributed by atoms with Crippen molar-refractivity contribution in [3.63, 3.8) is 0 Å². The first-order valence-corrected chi connectivity index (χ1v) is 8.38. The standard InChI is InChI=1S/C16H21NO3S/c1-12-9-14(5-4-8-18)11-15(10-12)16(19)17-7-6-13(2)21(3)20/h9-11,13,18H,6-8H2,1-3H3,(H,17,19). The van der Waals surface area contributed by atoms with Gasteiger partial charge in [0.15, 0.2) is 0 Å². The molecule has 0 aromatic heterocycles. The van der Waals surface area contributed by atoms with Crippen molar-refractivity contribution in [2.24, 2.45) is 0 Å². The van der Waals surface area contributed by atoms with Gasteiger partial charge in [-0.15, -0.1) is 0 Å². The lowest BCUT2D eigenvalue weighted by molar-refractivity contribution is 0.0953. The van der Waals surface area contributed by atoms with Gasteiger partial charge >= 0.3 is 0 Å². The topological polar surface area (TPSA) is 66.4 Å². The quantitative estimate of drug-likeness (QED) is 0.804. The Hall–Kier alpha value is -1.64. The predicted octanol–water partition coefficient (Wildman–Crippen LogP) is 1.23. The van der Waals surface area contributed by atoms with Gasteiger partial charge in [-0.3, -0.25) is 9.00 Å². The summed E-state index contributed by atoms with van der Waals surface area (Å²) in [5.41, 5.74) is 2.19. The molecule has 4 nitrogen and oxygen atoms in total. The summed E-state index contributed by atoms with van der Waals surface area (Å²) in [5, 5.41) is 11.6. The zero-order valence-corrected chi connectivity index (χ0v) is 13.4. The van der Waals surface area contributed by atoms with E-state index in [-0.39, 0.29) is 17.8 Å². The summed E-state index contributed by atoms with van der Waals surface area (Å²) >= 11 is 0. The summed E-state index contributed by atoms with van der Waals surface area (Å²) in [6, 6.07) is 5.36. The van der Waals surface area contributed by atoms with Gasteiger partial charge in [0.25, 0.3) is 5.91 Å². The van der Waals surface area contributed by atoms with E-state index in [4.69, 9.17) is 5.11 Å². The maximum Gasteiger partial charge on any atom is 0.251 e. The molecule has 0 bridgehead atoms. The van der Waals surface area contributed by atoms with Gasteiger partial charge in [0.2, 0.25) is 0 Å². The van der Waals surface area contributed by atoms with Gasteiger partial charge < -0.3 is 10.4 Å². The highest BCUT2D eigenvalue weighted by Gasteiger charge is 2.09. The van der Waals surface area contributed by atoms with Crippen LogP contribution in [0.2, 0.25) is 0 Å². The van der Waals surface area contributed by atoms with Crippen molar-refractivity contribution in [2.75, 3.05) is 19.4 Å². The number of benzene rings is 1. The van der Waals surface area contributed by atoms with Gasteiger partial charge in [0, 0.05) is 40.0 Å². The number of aryl methyl sites for hydroxylation is 1. The van der Waals surface area contributed by atoms with Gasteiger partial charge in [-0.05, 0) is 37.1 Å². The molecule has 2 unspecified atom stereocenters. The van der Waals surface area contributed by atoms with Crippen LogP contribution >= 0.6 is 0 Å². The second-order valence-corrected chi connectivity index (χ2v) is 6.70. The Morgan fingerprint density at radius 2 is 2.14 bits per heavy atom. The van der Waals surface area contributed by atoms with Crippen molar-refractivity contribution in [2.45, 2.75) is 25.5 Å². The Morgan fingerprint density at radius 1 is 1.43 bits per heavy atom. The van der Waals surface area contributed by atoms with Gasteiger partial charge in [0.05, 0.1) is 0 Å². The summed E-state index contributed by atoms with van der Waals surface area (Å²) in [4.78, 5) is 12.1. The van der Waals surface area contributed by atoms with E-state index in [0.29, 0.717) is 24.1 Å². The summed E-state index contributed by atoms with van der Waals surface area (Å²) in [7, 11) is -0.874. The molecule has 1 amide bonds. The second-order valence-electron chi connectivity index (χ2n) is 4.90. The van der Waals surface area contributed by atoms with Crippen LogP contribution in [-0.2, 0) is 10.8 Å². The number of hydrogen-bond donors (Lipinski definition) is 2. The number of nitrogens with one attached hydrogen (secondary N) is 1. The van der Waals surface area contributed by atoms with Crippen LogP contribution < -0.4 is 5.32 Å². The second kappa shape index (κ2) is 8.60. The molecule has 0 spiro atoms. The molecular weight excluding hydrogens is 286 g/mol. The Kier molecular flexibility index (Phi) is 7.13. The maximum atomic E-state index is 12.1. The lowest BCUT2D eigenvalue weighted by atomic mass is 10.1. The van der Waals surface area contributed by atoms with Gasteiger partial charge in [-0.2, -0.15) is 0 Å². The van der Waals surface area contributed by atoms with Crippen molar-refractivity contribution in [1.29, 1.82) is 0 Å². The number of carbonyl (C=O) groups excluding carboxylic acids is 1. The summed E-state index contributed by atoms with van der Waals surface area (Å²) in [6.07, 6.45) is 2.34. The van der Waals surface area contributed by atoms with Crippen LogP contribution in [-0.4, -0.2) is 39.9 Å². The van der Waals surface area contributed by atoms with E-state index in [9.17, 15) is 9.00 Å². The van der Waals surface area contributed by atoms with E-state index in [2.05, 4.69) is 17.2 Å². The molecule has 0 saturated carbocycles. The zero-order valence-electron chi connectivity index (χ0n) is 12.6. The van der Waals surface area contributed by atoms with Crippen molar-refractivity contribution in [1.82, 2.24) is 5.32 Å². The maximum absolute atomic E-state index is 12.1. The molecule has 0 heterocycles. The number of aliphatic hydroxyl groups is 1. The van der Waals surface area contributed by atoms with Crippen LogP contribution in [0.4, 0.5) is 0 Å². The van der Waals surface area contributed by atoms with E-state index in [1.165, 1.54) is 0 Å². The lowest BCUT2D eigenvalue weighted by Gasteiger charge is -2.10. The van der Waals surface area contributed by atoms with Crippen LogP contribution in [0.3, 0.4) is 0 Å². The SMILES string of the molecule is Cc1cc(C#CCO)cc(C(=O)NCCC(C)S(C)=O)c1. The molecule has 5 heteroatoms. The minimum absolute atomic E-state index is 0.0637. The van der Waals surface area contributed by atoms with Crippen molar-refractivity contribution < 1.29 is 14.1 Å². The molecule has 1 aromatic rings. The van der Waals surface area contributed by atoms with Crippen LogP contribution in [0, 0.1) is 18.8 Å². The molecule has 0 aliphatic rings. The Labute approximate surface area is 128 Å². The molecule has 1 rings (SSSR count). The highest BCUT2D eigenvalue weighted by atomic mass is 32.2. The minimum Gasteiger partial charge on any atom is -0.384 e. The molecule has 0 aliphatic carbocycles. The molecule has 2 atom stereocenters. The largest absolute Gasteiger partial charge is 0.384 e.